The van der Waals surface area contributed by atoms with Crippen LogP contribution >= 0.6 is 22.9 Å². The van der Waals surface area contributed by atoms with Crippen molar-refractivity contribution in [2.45, 2.75) is 19.9 Å². The van der Waals surface area contributed by atoms with E-state index in [0.29, 0.717) is 38.8 Å². The van der Waals surface area contributed by atoms with Crippen LogP contribution in [0.5, 0.6) is 0 Å². The summed E-state index contributed by atoms with van der Waals surface area (Å²) in [6.07, 6.45) is 0. The Balaban J connectivity index is 1.78. The number of halogens is 1. The van der Waals surface area contributed by atoms with E-state index in [1.807, 2.05) is 31.2 Å². The number of anilines is 1. The van der Waals surface area contributed by atoms with Crippen LogP contribution in [0, 0.1) is 0 Å². The number of amides is 1. The molecule has 1 atom stereocenters. The first kappa shape index (κ1) is 25.1. The van der Waals surface area contributed by atoms with Gasteiger partial charge in [0.1, 0.15) is 17.2 Å². The molecule has 0 saturated carbocycles. The number of rotatable bonds is 6. The van der Waals surface area contributed by atoms with Crippen molar-refractivity contribution in [2.24, 2.45) is 4.99 Å². The second-order valence-electron chi connectivity index (χ2n) is 8.49. The normalized spacial score (nSPS) is 18.0. The first-order valence-electron chi connectivity index (χ1n) is 11.8. The summed E-state index contributed by atoms with van der Waals surface area (Å²) in [7, 11) is 1.51. The lowest BCUT2D eigenvalue weighted by Crippen LogP contribution is -2.41. The second kappa shape index (κ2) is 10.1. The summed E-state index contributed by atoms with van der Waals surface area (Å²) in [5.74, 6) is -0.848. The summed E-state index contributed by atoms with van der Waals surface area (Å²) in [6.45, 7) is 4.34. The third-order valence-corrected chi connectivity index (χ3v) is 7.80. The Bertz CT molecular complexity index is 1640. The van der Waals surface area contributed by atoms with Crippen molar-refractivity contribution >= 4 is 46.1 Å². The zero-order chi connectivity index (χ0) is 26.3. The highest BCUT2D eigenvalue weighted by Gasteiger charge is 2.37. The summed E-state index contributed by atoms with van der Waals surface area (Å²) >= 11 is 7.71. The Labute approximate surface area is 221 Å². The molecule has 0 aliphatic carbocycles. The Morgan fingerprint density at radius 3 is 2.57 bits per heavy atom. The van der Waals surface area contributed by atoms with Gasteiger partial charge in [0.05, 0.1) is 29.1 Å². The maximum Gasteiger partial charge on any atom is 0.338 e. The molecule has 0 saturated heterocycles. The van der Waals surface area contributed by atoms with Crippen LogP contribution in [0.15, 0.2) is 69.6 Å². The molecule has 0 fully saturated rings. The van der Waals surface area contributed by atoms with Gasteiger partial charge >= 0.3 is 5.97 Å². The zero-order valence-corrected chi connectivity index (χ0v) is 22.1. The van der Waals surface area contributed by atoms with Crippen molar-refractivity contribution in [1.82, 2.24) is 4.57 Å². The lowest BCUT2D eigenvalue weighted by atomic mass is 9.96. The van der Waals surface area contributed by atoms with E-state index in [4.69, 9.17) is 21.1 Å². The van der Waals surface area contributed by atoms with Crippen LogP contribution in [0.2, 0.25) is 5.02 Å². The smallest absolute Gasteiger partial charge is 0.338 e. The fourth-order valence-corrected chi connectivity index (χ4v) is 6.11. The maximum atomic E-state index is 14.1. The van der Waals surface area contributed by atoms with Gasteiger partial charge in [-0.05, 0) is 31.5 Å². The quantitative estimate of drug-likeness (QED) is 0.356. The summed E-state index contributed by atoms with van der Waals surface area (Å²) < 4.78 is 12.1. The number of likely N-dealkylation sites (N-methyl/N-ethyl adjacent to an activating group) is 1. The molecule has 10 heteroatoms. The second-order valence-corrected chi connectivity index (χ2v) is 9.88. The van der Waals surface area contributed by atoms with E-state index < -0.39 is 17.6 Å². The van der Waals surface area contributed by atoms with E-state index in [2.05, 4.69) is 4.99 Å². The Kier molecular flexibility index (Phi) is 6.85. The molecule has 2 aliphatic rings. The van der Waals surface area contributed by atoms with Crippen LogP contribution in [0.25, 0.3) is 5.57 Å². The number of thiazole rings is 1. The zero-order valence-electron chi connectivity index (χ0n) is 20.5. The molecule has 5 rings (SSSR count). The Morgan fingerprint density at radius 2 is 1.84 bits per heavy atom. The molecule has 0 spiro atoms. The monoisotopic (exact) mass is 537 g/mol. The Hall–Kier alpha value is -3.53. The van der Waals surface area contributed by atoms with Crippen LogP contribution in [0.4, 0.5) is 5.69 Å². The molecule has 3 heterocycles. The summed E-state index contributed by atoms with van der Waals surface area (Å²) in [5, 5.41) is 0.391. The molecule has 2 aromatic carbocycles. The summed E-state index contributed by atoms with van der Waals surface area (Å²) in [6, 6.07) is 13.6. The lowest BCUT2D eigenvalue weighted by Gasteiger charge is -2.25. The topological polar surface area (TPSA) is 90.2 Å². The minimum atomic E-state index is -0.872. The summed E-state index contributed by atoms with van der Waals surface area (Å²) in [5.41, 5.74) is 2.56. The third kappa shape index (κ3) is 4.13. The van der Waals surface area contributed by atoms with Gasteiger partial charge in [0.2, 0.25) is 0 Å². The minimum Gasteiger partial charge on any atom is -0.460 e. The highest BCUT2D eigenvalue weighted by atomic mass is 35.5. The molecule has 0 radical (unpaired) electrons. The fraction of sp³-hybridized carbons (Fsp3) is 0.259. The van der Waals surface area contributed by atoms with Gasteiger partial charge in [-0.3, -0.25) is 14.2 Å². The van der Waals surface area contributed by atoms with Gasteiger partial charge in [0, 0.05) is 24.2 Å². The third-order valence-electron chi connectivity index (χ3n) is 6.40. The predicted molar refractivity (Wildman–Crippen MR) is 141 cm³/mol. The van der Waals surface area contributed by atoms with Crippen molar-refractivity contribution in [3.05, 3.63) is 95.6 Å². The van der Waals surface area contributed by atoms with E-state index in [1.165, 1.54) is 11.7 Å². The number of ether oxygens (including phenoxy) is 2. The van der Waals surface area contributed by atoms with E-state index in [1.54, 1.807) is 36.1 Å². The number of carbonyl (C=O) groups excluding carboxylic acids is 2. The molecular weight excluding hydrogens is 514 g/mol. The van der Waals surface area contributed by atoms with Gasteiger partial charge in [0.15, 0.2) is 4.80 Å². The van der Waals surface area contributed by atoms with Gasteiger partial charge in [-0.2, -0.15) is 0 Å². The van der Waals surface area contributed by atoms with E-state index in [0.717, 1.165) is 17.0 Å². The average molecular weight is 538 g/mol. The van der Waals surface area contributed by atoms with Gasteiger partial charge in [-0.25, -0.2) is 9.79 Å². The molecule has 0 N–H and O–H groups in total. The highest BCUT2D eigenvalue weighted by molar-refractivity contribution is 7.07. The minimum absolute atomic E-state index is 0.0497. The number of hydrogen-bond donors (Lipinski definition) is 0. The van der Waals surface area contributed by atoms with Crippen LogP contribution in [0.1, 0.15) is 31.0 Å². The summed E-state index contributed by atoms with van der Waals surface area (Å²) in [4.78, 5) is 47.4. The fourth-order valence-electron chi connectivity index (χ4n) is 4.73. The molecule has 3 aromatic rings. The van der Waals surface area contributed by atoms with E-state index >= 15 is 0 Å². The van der Waals surface area contributed by atoms with Gasteiger partial charge in [0.25, 0.3) is 11.5 Å². The van der Waals surface area contributed by atoms with E-state index in [-0.39, 0.29) is 29.2 Å². The number of nitrogens with zero attached hydrogens (tertiary/aromatic N) is 3. The number of fused-ring (bicyclic) bond motifs is 2. The molecule has 2 aliphatic heterocycles. The number of aromatic nitrogens is 1. The molecular formula is C27H24ClN3O5S. The van der Waals surface area contributed by atoms with Crippen molar-refractivity contribution < 1.29 is 19.1 Å². The Morgan fingerprint density at radius 1 is 1.11 bits per heavy atom. The highest BCUT2D eigenvalue weighted by Crippen LogP contribution is 2.36. The predicted octanol–water partition coefficient (Wildman–Crippen LogP) is 2.81. The SMILES string of the molecule is CCN1C(=O)/C(=c2\sc3n(c2=O)C(c2ccccc2Cl)C(C(=O)OCCOC)=C(C)N=3)c2ccccc21. The number of esters is 1. The average Bonchev–Trinajstić information content (AvgIpc) is 3.35. The number of methoxy groups -OCH3 is 1. The van der Waals surface area contributed by atoms with Crippen molar-refractivity contribution in [3.8, 4) is 0 Å². The molecule has 1 amide bonds. The maximum absolute atomic E-state index is 14.1. The first-order valence-corrected chi connectivity index (χ1v) is 12.9. The van der Waals surface area contributed by atoms with E-state index in [9.17, 15) is 14.4 Å². The number of benzene rings is 2. The number of para-hydroxylation sites is 1. The van der Waals surface area contributed by atoms with Gasteiger partial charge < -0.3 is 14.4 Å². The number of hydrogen-bond acceptors (Lipinski definition) is 7. The van der Waals surface area contributed by atoms with Crippen molar-refractivity contribution in [1.29, 1.82) is 0 Å². The molecule has 190 valence electrons. The molecule has 1 aromatic heterocycles. The van der Waals surface area contributed by atoms with Crippen molar-refractivity contribution in [2.75, 3.05) is 31.8 Å². The molecule has 8 nitrogen and oxygen atoms in total. The van der Waals surface area contributed by atoms with Gasteiger partial charge in [-0.1, -0.05) is 59.3 Å². The lowest BCUT2D eigenvalue weighted by molar-refractivity contribution is -0.140. The number of carbonyl (C=O) groups is 2. The van der Waals surface area contributed by atoms with Crippen LogP contribution in [-0.4, -0.2) is 43.3 Å². The first-order chi connectivity index (χ1) is 17.9. The van der Waals surface area contributed by atoms with Crippen LogP contribution in [0.3, 0.4) is 0 Å². The van der Waals surface area contributed by atoms with Crippen LogP contribution < -0.4 is 19.8 Å². The molecule has 1 unspecified atom stereocenters. The van der Waals surface area contributed by atoms with Crippen LogP contribution in [-0.2, 0) is 19.1 Å². The number of allylic oxidation sites excluding steroid dienone is 1. The standard InChI is InChI=1S/C27H24ClN3O5S/c1-4-30-19-12-8-6-10-17(19)21(24(30)32)23-25(33)31-22(16-9-5-7-11-18(16)28)20(15(2)29-27(31)37-23)26(34)36-14-13-35-3/h5-12,22H,4,13-14H2,1-3H3/b23-21-. The van der Waals surface area contributed by atoms with Gasteiger partial charge in [-0.15, -0.1) is 0 Å². The van der Waals surface area contributed by atoms with Crippen molar-refractivity contribution in [3.63, 3.8) is 0 Å². The molecule has 37 heavy (non-hydrogen) atoms. The largest absolute Gasteiger partial charge is 0.460 e. The molecule has 0 bridgehead atoms.